The van der Waals surface area contributed by atoms with E-state index in [4.69, 9.17) is 14.9 Å². The van der Waals surface area contributed by atoms with E-state index in [9.17, 15) is 14.7 Å². The molecule has 1 rings (SSSR count). The number of hydrogen-bond donors (Lipinski definition) is 4. The lowest BCUT2D eigenvalue weighted by atomic mass is 10.1. The Morgan fingerprint density at radius 2 is 2.11 bits per heavy atom. The van der Waals surface area contributed by atoms with Gasteiger partial charge in [-0.1, -0.05) is 0 Å². The summed E-state index contributed by atoms with van der Waals surface area (Å²) in [7, 11) is 1.36. The van der Waals surface area contributed by atoms with Crippen molar-refractivity contribution in [1.29, 1.82) is 0 Å². The summed E-state index contributed by atoms with van der Waals surface area (Å²) in [6.45, 7) is -0.719. The number of carboxylic acid groups (broad SMARTS) is 1. The molecule has 1 aromatic rings. The molecule has 1 amide bonds. The molecule has 0 spiro atoms. The summed E-state index contributed by atoms with van der Waals surface area (Å²) in [5.41, 5.74) is 0.0630. The summed E-state index contributed by atoms with van der Waals surface area (Å²) in [5, 5.41) is 29.0. The number of methoxy groups -OCH3 is 1. The topological polar surface area (TPSA) is 116 Å². The number of aliphatic hydroxyl groups is 1. The zero-order chi connectivity index (χ0) is 13.7. The second-order valence-electron chi connectivity index (χ2n) is 3.43. The van der Waals surface area contributed by atoms with Gasteiger partial charge in [0.15, 0.2) is 17.5 Å². The molecule has 1 atom stereocenters. The van der Waals surface area contributed by atoms with Crippen molar-refractivity contribution in [2.24, 2.45) is 0 Å². The van der Waals surface area contributed by atoms with Gasteiger partial charge < -0.3 is 25.4 Å². The number of carbonyl (C=O) groups excluding carboxylic acids is 1. The van der Waals surface area contributed by atoms with Crippen LogP contribution in [-0.4, -0.2) is 47.0 Å². The third-order valence-electron chi connectivity index (χ3n) is 2.23. The normalized spacial score (nSPS) is 11.7. The Bertz CT molecular complexity index is 459. The number of aliphatic carboxylic acids is 1. The smallest absolute Gasteiger partial charge is 0.328 e. The number of ether oxygens (including phenoxy) is 1. The van der Waals surface area contributed by atoms with Crippen molar-refractivity contribution in [2.45, 2.75) is 6.04 Å². The van der Waals surface area contributed by atoms with Gasteiger partial charge in [0.1, 0.15) is 0 Å². The molecule has 98 valence electrons. The van der Waals surface area contributed by atoms with Crippen LogP contribution >= 0.6 is 0 Å². The van der Waals surface area contributed by atoms with Crippen molar-refractivity contribution in [3.63, 3.8) is 0 Å². The van der Waals surface area contributed by atoms with E-state index >= 15 is 0 Å². The number of phenols is 1. The highest BCUT2D eigenvalue weighted by atomic mass is 16.5. The molecule has 0 unspecified atom stereocenters. The number of aliphatic hydroxyl groups excluding tert-OH is 1. The van der Waals surface area contributed by atoms with Crippen LogP contribution in [0.2, 0.25) is 0 Å². The molecule has 4 N–H and O–H groups in total. The molecule has 1 aromatic carbocycles. The van der Waals surface area contributed by atoms with E-state index < -0.39 is 24.5 Å². The van der Waals surface area contributed by atoms with Crippen molar-refractivity contribution in [2.75, 3.05) is 13.7 Å². The molecule has 0 fully saturated rings. The minimum Gasteiger partial charge on any atom is -0.504 e. The molecule has 18 heavy (non-hydrogen) atoms. The highest BCUT2D eigenvalue weighted by molar-refractivity contribution is 5.97. The average molecular weight is 255 g/mol. The number of hydrogen-bond acceptors (Lipinski definition) is 5. The monoisotopic (exact) mass is 255 g/mol. The number of benzene rings is 1. The quantitative estimate of drug-likeness (QED) is 0.567. The third-order valence-corrected chi connectivity index (χ3v) is 2.23. The SMILES string of the molecule is COc1ccc(C(=O)N[C@H](CO)C(=O)O)cc1O. The molecule has 0 aliphatic heterocycles. The van der Waals surface area contributed by atoms with Crippen LogP contribution < -0.4 is 10.1 Å². The van der Waals surface area contributed by atoms with E-state index in [2.05, 4.69) is 5.32 Å². The summed E-state index contributed by atoms with van der Waals surface area (Å²) in [6.07, 6.45) is 0. The molecule has 0 aliphatic rings. The van der Waals surface area contributed by atoms with E-state index in [1.165, 1.54) is 19.2 Å². The third kappa shape index (κ3) is 3.11. The first-order chi connectivity index (χ1) is 8.49. The summed E-state index contributed by atoms with van der Waals surface area (Å²) >= 11 is 0. The van der Waals surface area contributed by atoms with E-state index in [-0.39, 0.29) is 17.1 Å². The number of phenolic OH excluding ortho intramolecular Hbond substituents is 1. The number of amides is 1. The van der Waals surface area contributed by atoms with Gasteiger partial charge in [-0.3, -0.25) is 4.79 Å². The Kier molecular flexibility index (Phi) is 4.50. The van der Waals surface area contributed by atoms with Gasteiger partial charge in [0.25, 0.3) is 5.91 Å². The van der Waals surface area contributed by atoms with Gasteiger partial charge >= 0.3 is 5.97 Å². The first-order valence-electron chi connectivity index (χ1n) is 5.01. The molecule has 0 saturated heterocycles. The molecule has 0 radical (unpaired) electrons. The number of carbonyl (C=O) groups is 2. The Morgan fingerprint density at radius 1 is 1.44 bits per heavy atom. The van der Waals surface area contributed by atoms with Crippen LogP contribution in [0.5, 0.6) is 11.5 Å². The molecule has 0 aliphatic carbocycles. The molecular formula is C11H13NO6. The van der Waals surface area contributed by atoms with Crippen LogP contribution in [0, 0.1) is 0 Å². The maximum absolute atomic E-state index is 11.6. The molecule has 0 saturated carbocycles. The molecule has 7 heteroatoms. The van der Waals surface area contributed by atoms with Gasteiger partial charge in [-0.2, -0.15) is 0 Å². The zero-order valence-corrected chi connectivity index (χ0v) is 9.58. The highest BCUT2D eigenvalue weighted by Crippen LogP contribution is 2.26. The van der Waals surface area contributed by atoms with Crippen molar-refractivity contribution >= 4 is 11.9 Å². The lowest BCUT2D eigenvalue weighted by molar-refractivity contribution is -0.140. The fraction of sp³-hybridized carbons (Fsp3) is 0.273. The van der Waals surface area contributed by atoms with Crippen LogP contribution in [0.3, 0.4) is 0 Å². The first-order valence-corrected chi connectivity index (χ1v) is 5.01. The second kappa shape index (κ2) is 5.87. The van der Waals surface area contributed by atoms with E-state index in [0.717, 1.165) is 6.07 Å². The second-order valence-corrected chi connectivity index (χ2v) is 3.43. The van der Waals surface area contributed by atoms with E-state index in [1.807, 2.05) is 0 Å². The summed E-state index contributed by atoms with van der Waals surface area (Å²) in [5.74, 6) is -2.09. The maximum atomic E-state index is 11.6. The molecule has 0 heterocycles. The average Bonchev–Trinajstić information content (AvgIpc) is 2.35. The van der Waals surface area contributed by atoms with Crippen LogP contribution in [0.25, 0.3) is 0 Å². The van der Waals surface area contributed by atoms with Gasteiger partial charge in [0.05, 0.1) is 13.7 Å². The fourth-order valence-electron chi connectivity index (χ4n) is 1.26. The molecular weight excluding hydrogens is 242 g/mol. The van der Waals surface area contributed by atoms with Crippen LogP contribution in [0.15, 0.2) is 18.2 Å². The Labute approximate surface area is 103 Å². The highest BCUT2D eigenvalue weighted by Gasteiger charge is 2.20. The lowest BCUT2D eigenvalue weighted by Crippen LogP contribution is -2.43. The summed E-state index contributed by atoms with van der Waals surface area (Å²) in [6, 6.07) is 2.50. The van der Waals surface area contributed by atoms with Crippen LogP contribution in [-0.2, 0) is 4.79 Å². The van der Waals surface area contributed by atoms with Gasteiger partial charge in [-0.15, -0.1) is 0 Å². The minimum absolute atomic E-state index is 0.0630. The van der Waals surface area contributed by atoms with Crippen molar-refractivity contribution < 1.29 is 29.6 Å². The van der Waals surface area contributed by atoms with Crippen molar-refractivity contribution in [3.05, 3.63) is 23.8 Å². The van der Waals surface area contributed by atoms with Gasteiger partial charge in [-0.05, 0) is 18.2 Å². The number of carboxylic acids is 1. The minimum atomic E-state index is -1.39. The molecule has 7 nitrogen and oxygen atoms in total. The number of nitrogens with one attached hydrogen (secondary N) is 1. The van der Waals surface area contributed by atoms with Crippen LogP contribution in [0.4, 0.5) is 0 Å². The predicted molar refractivity (Wildman–Crippen MR) is 60.6 cm³/mol. The Morgan fingerprint density at radius 3 is 2.56 bits per heavy atom. The Balaban J connectivity index is 2.84. The van der Waals surface area contributed by atoms with E-state index in [1.54, 1.807) is 0 Å². The standard InChI is InChI=1S/C11H13NO6/c1-18-9-3-2-6(4-8(9)14)10(15)12-7(5-13)11(16)17/h2-4,7,13-14H,5H2,1H3,(H,12,15)(H,16,17)/t7-/m1/s1. The maximum Gasteiger partial charge on any atom is 0.328 e. The van der Waals surface area contributed by atoms with Gasteiger partial charge in [0.2, 0.25) is 0 Å². The first kappa shape index (κ1) is 13.8. The Hall–Kier alpha value is -2.28. The fourth-order valence-corrected chi connectivity index (χ4v) is 1.26. The van der Waals surface area contributed by atoms with Crippen molar-refractivity contribution in [3.8, 4) is 11.5 Å². The predicted octanol–water partition coefficient (Wildman–Crippen LogP) is -0.424. The number of rotatable bonds is 5. The lowest BCUT2D eigenvalue weighted by Gasteiger charge is -2.12. The summed E-state index contributed by atoms with van der Waals surface area (Å²) < 4.78 is 4.80. The largest absolute Gasteiger partial charge is 0.504 e. The van der Waals surface area contributed by atoms with Gasteiger partial charge in [0, 0.05) is 5.56 Å². The summed E-state index contributed by atoms with van der Waals surface area (Å²) in [4.78, 5) is 22.3. The van der Waals surface area contributed by atoms with E-state index in [0.29, 0.717) is 0 Å². The number of aromatic hydroxyl groups is 1. The van der Waals surface area contributed by atoms with Crippen molar-refractivity contribution in [1.82, 2.24) is 5.32 Å². The molecule has 0 aromatic heterocycles. The van der Waals surface area contributed by atoms with Crippen LogP contribution in [0.1, 0.15) is 10.4 Å². The zero-order valence-electron chi connectivity index (χ0n) is 9.58. The molecule has 0 bridgehead atoms. The van der Waals surface area contributed by atoms with Gasteiger partial charge in [-0.25, -0.2) is 4.79 Å².